The van der Waals surface area contributed by atoms with Crippen molar-refractivity contribution in [2.24, 2.45) is 5.92 Å². The van der Waals surface area contributed by atoms with Gasteiger partial charge in [0.1, 0.15) is 11.4 Å². The molecule has 6 nitrogen and oxygen atoms in total. The van der Waals surface area contributed by atoms with Crippen LogP contribution in [0.15, 0.2) is 18.2 Å². The second-order valence-electron chi connectivity index (χ2n) is 6.57. The van der Waals surface area contributed by atoms with Crippen LogP contribution >= 0.6 is 0 Å². The summed E-state index contributed by atoms with van der Waals surface area (Å²) in [5, 5.41) is 14.6. The van der Waals surface area contributed by atoms with Gasteiger partial charge < -0.3 is 15.7 Å². The largest absolute Gasteiger partial charge is 0.480 e. The summed E-state index contributed by atoms with van der Waals surface area (Å²) in [6, 6.07) is 3.62. The van der Waals surface area contributed by atoms with Crippen LogP contribution in [0.4, 0.5) is 10.1 Å². The zero-order valence-electron chi connectivity index (χ0n) is 14.4. The third-order valence-electron chi connectivity index (χ3n) is 4.83. The van der Waals surface area contributed by atoms with E-state index >= 15 is 0 Å². The number of amides is 2. The Kier molecular flexibility index (Phi) is 5.77. The van der Waals surface area contributed by atoms with Crippen LogP contribution in [-0.2, 0) is 9.59 Å². The fourth-order valence-corrected chi connectivity index (χ4v) is 3.24. The Bertz CT molecular complexity index is 682. The van der Waals surface area contributed by atoms with Crippen molar-refractivity contribution in [3.8, 4) is 0 Å². The first-order valence-electron chi connectivity index (χ1n) is 8.40. The van der Waals surface area contributed by atoms with Crippen molar-refractivity contribution < 1.29 is 23.9 Å². The lowest BCUT2D eigenvalue weighted by atomic mass is 9.75. The highest BCUT2D eigenvalue weighted by Gasteiger charge is 2.43. The van der Waals surface area contributed by atoms with Crippen molar-refractivity contribution in [2.45, 2.75) is 51.5 Å². The lowest BCUT2D eigenvalue weighted by molar-refractivity contribution is -0.146. The number of aliphatic carboxylic acids is 1. The first-order valence-corrected chi connectivity index (χ1v) is 8.40. The molecule has 0 heterocycles. The number of anilines is 1. The van der Waals surface area contributed by atoms with Crippen molar-refractivity contribution in [3.05, 3.63) is 29.6 Å². The number of carbonyl (C=O) groups is 3. The predicted molar refractivity (Wildman–Crippen MR) is 90.8 cm³/mol. The van der Waals surface area contributed by atoms with Gasteiger partial charge in [-0.2, -0.15) is 0 Å². The lowest BCUT2D eigenvalue weighted by Gasteiger charge is -2.37. The predicted octanol–water partition coefficient (Wildman–Crippen LogP) is 2.94. The van der Waals surface area contributed by atoms with Gasteiger partial charge in [-0.3, -0.25) is 9.59 Å². The normalized spacial score (nSPS) is 22.9. The molecule has 0 saturated heterocycles. The van der Waals surface area contributed by atoms with Gasteiger partial charge >= 0.3 is 5.97 Å². The van der Waals surface area contributed by atoms with Crippen LogP contribution in [0.5, 0.6) is 0 Å². The van der Waals surface area contributed by atoms with Gasteiger partial charge in [-0.05, 0) is 49.8 Å². The van der Waals surface area contributed by atoms with Crippen LogP contribution in [0.3, 0.4) is 0 Å². The maximum Gasteiger partial charge on any atom is 0.329 e. The molecule has 0 atom stereocenters. The van der Waals surface area contributed by atoms with Crippen LogP contribution in [0.25, 0.3) is 0 Å². The summed E-state index contributed by atoms with van der Waals surface area (Å²) >= 11 is 0. The van der Waals surface area contributed by atoms with E-state index < -0.39 is 23.2 Å². The molecular weight excluding hydrogens is 327 g/mol. The van der Waals surface area contributed by atoms with Crippen LogP contribution < -0.4 is 10.6 Å². The van der Waals surface area contributed by atoms with Gasteiger partial charge in [0, 0.05) is 12.6 Å². The molecule has 1 saturated carbocycles. The zero-order valence-corrected chi connectivity index (χ0v) is 14.4. The highest BCUT2D eigenvalue weighted by Crippen LogP contribution is 2.34. The Morgan fingerprint density at radius 2 is 1.92 bits per heavy atom. The Labute approximate surface area is 145 Å². The molecule has 136 valence electrons. The fourth-order valence-electron chi connectivity index (χ4n) is 3.24. The van der Waals surface area contributed by atoms with E-state index in [1.165, 1.54) is 19.1 Å². The second kappa shape index (κ2) is 7.63. The molecule has 1 fully saturated rings. The van der Waals surface area contributed by atoms with Gasteiger partial charge in [-0.15, -0.1) is 0 Å². The number of benzene rings is 1. The number of hydrogen-bond donors (Lipinski definition) is 3. The first kappa shape index (κ1) is 18.9. The summed E-state index contributed by atoms with van der Waals surface area (Å²) in [5.41, 5.74) is -1.39. The number of halogens is 1. The minimum atomic E-state index is -1.38. The standard InChI is InChI=1S/C18H23FN2O4/c1-3-12-6-8-18(9-7-12,17(24)25)21-16(23)14-10-13(20-11(2)22)4-5-15(14)19/h4-5,10,12H,3,6-9H2,1-2H3,(H,20,22)(H,21,23)(H,24,25). The smallest absolute Gasteiger partial charge is 0.329 e. The van der Waals surface area contributed by atoms with E-state index in [1.807, 2.05) is 0 Å². The number of carboxylic acid groups (broad SMARTS) is 1. The Morgan fingerprint density at radius 3 is 2.44 bits per heavy atom. The molecule has 0 aromatic heterocycles. The quantitative estimate of drug-likeness (QED) is 0.761. The summed E-state index contributed by atoms with van der Waals surface area (Å²) < 4.78 is 14.0. The highest BCUT2D eigenvalue weighted by atomic mass is 19.1. The van der Waals surface area contributed by atoms with E-state index in [1.54, 1.807) is 0 Å². The molecule has 0 radical (unpaired) electrons. The molecule has 0 unspecified atom stereocenters. The van der Waals surface area contributed by atoms with Gasteiger partial charge in [-0.1, -0.05) is 13.3 Å². The topological polar surface area (TPSA) is 95.5 Å². The minimum absolute atomic E-state index is 0.276. The van der Waals surface area contributed by atoms with E-state index in [9.17, 15) is 23.9 Å². The summed E-state index contributed by atoms with van der Waals surface area (Å²) in [4.78, 5) is 35.4. The van der Waals surface area contributed by atoms with Crippen LogP contribution in [0, 0.1) is 11.7 Å². The minimum Gasteiger partial charge on any atom is -0.480 e. The SMILES string of the molecule is CCC1CCC(NC(=O)c2cc(NC(C)=O)ccc2F)(C(=O)O)CC1. The average molecular weight is 350 g/mol. The van der Waals surface area contributed by atoms with Crippen molar-refractivity contribution in [3.63, 3.8) is 0 Å². The van der Waals surface area contributed by atoms with Gasteiger partial charge in [0.05, 0.1) is 5.56 Å². The maximum absolute atomic E-state index is 14.0. The first-order chi connectivity index (χ1) is 11.8. The Morgan fingerprint density at radius 1 is 1.28 bits per heavy atom. The van der Waals surface area contributed by atoms with Crippen LogP contribution in [0.1, 0.15) is 56.3 Å². The second-order valence-corrected chi connectivity index (χ2v) is 6.57. The third-order valence-corrected chi connectivity index (χ3v) is 4.83. The number of hydrogen-bond acceptors (Lipinski definition) is 3. The highest BCUT2D eigenvalue weighted by molar-refractivity contribution is 5.99. The Hall–Kier alpha value is -2.44. The van der Waals surface area contributed by atoms with Gasteiger partial charge in [-0.25, -0.2) is 9.18 Å². The molecule has 1 aliphatic rings. The number of carboxylic acids is 1. The monoisotopic (exact) mass is 350 g/mol. The van der Waals surface area contributed by atoms with Crippen molar-refractivity contribution in [1.82, 2.24) is 5.32 Å². The van der Waals surface area contributed by atoms with E-state index in [2.05, 4.69) is 17.6 Å². The Balaban J connectivity index is 2.22. The van der Waals surface area contributed by atoms with E-state index in [0.717, 1.165) is 12.5 Å². The molecule has 1 aromatic rings. The van der Waals surface area contributed by atoms with Crippen molar-refractivity contribution in [2.75, 3.05) is 5.32 Å². The zero-order chi connectivity index (χ0) is 18.6. The molecule has 0 spiro atoms. The van der Waals surface area contributed by atoms with Gasteiger partial charge in [0.15, 0.2) is 0 Å². The molecule has 2 amide bonds. The van der Waals surface area contributed by atoms with E-state index in [0.29, 0.717) is 31.6 Å². The summed E-state index contributed by atoms with van der Waals surface area (Å²) in [7, 11) is 0. The van der Waals surface area contributed by atoms with E-state index in [-0.39, 0.29) is 17.2 Å². The third kappa shape index (κ3) is 4.35. The molecule has 0 bridgehead atoms. The van der Waals surface area contributed by atoms with Gasteiger partial charge in [0.2, 0.25) is 5.91 Å². The van der Waals surface area contributed by atoms with Crippen LogP contribution in [0.2, 0.25) is 0 Å². The number of carbonyl (C=O) groups excluding carboxylic acids is 2. The summed E-state index contributed by atoms with van der Waals surface area (Å²) in [6.45, 7) is 3.36. The molecule has 7 heteroatoms. The summed E-state index contributed by atoms with van der Waals surface area (Å²) in [6.07, 6.45) is 3.02. The maximum atomic E-state index is 14.0. The molecular formula is C18H23FN2O4. The van der Waals surface area contributed by atoms with Crippen molar-refractivity contribution >= 4 is 23.5 Å². The fraction of sp³-hybridized carbons (Fsp3) is 0.500. The molecule has 2 rings (SSSR count). The molecule has 25 heavy (non-hydrogen) atoms. The molecule has 1 aliphatic carbocycles. The summed E-state index contributed by atoms with van der Waals surface area (Å²) in [5.74, 6) is -2.56. The van der Waals surface area contributed by atoms with Crippen molar-refractivity contribution in [1.29, 1.82) is 0 Å². The molecule has 1 aromatic carbocycles. The molecule has 0 aliphatic heterocycles. The number of nitrogens with one attached hydrogen (secondary N) is 2. The average Bonchev–Trinajstić information content (AvgIpc) is 2.56. The van der Waals surface area contributed by atoms with Crippen LogP contribution in [-0.4, -0.2) is 28.4 Å². The lowest BCUT2D eigenvalue weighted by Crippen LogP contribution is -2.56. The molecule has 3 N–H and O–H groups in total. The van der Waals surface area contributed by atoms with Gasteiger partial charge in [0.25, 0.3) is 5.91 Å². The van der Waals surface area contributed by atoms with E-state index in [4.69, 9.17) is 0 Å². The number of rotatable bonds is 5.